The smallest absolute Gasteiger partial charge is 0.0995 e. The van der Waals surface area contributed by atoms with Crippen LogP contribution in [-0.2, 0) is 6.54 Å². The summed E-state index contributed by atoms with van der Waals surface area (Å²) >= 11 is 0. The van der Waals surface area contributed by atoms with Crippen LogP contribution in [0.25, 0.3) is 0 Å². The molecule has 21 heavy (non-hydrogen) atoms. The molecule has 0 amide bonds. The Morgan fingerprint density at radius 1 is 1.24 bits per heavy atom. The average Bonchev–Trinajstić information content (AvgIpc) is 2.46. The minimum absolute atomic E-state index is 0.211. The predicted octanol–water partition coefficient (Wildman–Crippen LogP) is 3.16. The molecule has 2 rings (SSSR count). The molecule has 1 fully saturated rings. The molecular formula is C18H27N3. The van der Waals surface area contributed by atoms with E-state index >= 15 is 0 Å². The first-order chi connectivity index (χ1) is 9.98. The summed E-state index contributed by atoms with van der Waals surface area (Å²) in [5.74, 6) is 0.784. The number of hydrogen-bond donors (Lipinski definition) is 1. The van der Waals surface area contributed by atoms with Gasteiger partial charge in [-0.1, -0.05) is 18.2 Å². The summed E-state index contributed by atoms with van der Waals surface area (Å²) in [4.78, 5) is 2.48. The van der Waals surface area contributed by atoms with Gasteiger partial charge in [-0.05, 0) is 70.8 Å². The Labute approximate surface area is 129 Å². The van der Waals surface area contributed by atoms with Crippen LogP contribution in [0.3, 0.4) is 0 Å². The van der Waals surface area contributed by atoms with E-state index in [2.05, 4.69) is 43.1 Å². The molecule has 3 nitrogen and oxygen atoms in total. The van der Waals surface area contributed by atoms with Crippen molar-refractivity contribution in [2.45, 2.75) is 45.7 Å². The number of likely N-dealkylation sites (tertiary alicyclic amines) is 1. The highest BCUT2D eigenvalue weighted by molar-refractivity contribution is 5.37. The van der Waals surface area contributed by atoms with Gasteiger partial charge in [0.2, 0.25) is 0 Å². The molecule has 0 saturated carbocycles. The van der Waals surface area contributed by atoms with E-state index in [-0.39, 0.29) is 5.54 Å². The van der Waals surface area contributed by atoms with E-state index in [4.69, 9.17) is 5.26 Å². The highest BCUT2D eigenvalue weighted by atomic mass is 15.1. The van der Waals surface area contributed by atoms with Crippen LogP contribution >= 0.6 is 0 Å². The lowest BCUT2D eigenvalue weighted by atomic mass is 9.95. The van der Waals surface area contributed by atoms with E-state index in [0.717, 1.165) is 43.2 Å². The average molecular weight is 285 g/mol. The zero-order chi connectivity index (χ0) is 15.3. The molecule has 1 heterocycles. The van der Waals surface area contributed by atoms with Gasteiger partial charge in [0.05, 0.1) is 11.6 Å². The monoisotopic (exact) mass is 285 g/mol. The maximum Gasteiger partial charge on any atom is 0.0995 e. The van der Waals surface area contributed by atoms with Crippen molar-refractivity contribution in [2.24, 2.45) is 5.92 Å². The Morgan fingerprint density at radius 2 is 1.90 bits per heavy atom. The lowest BCUT2D eigenvalue weighted by molar-refractivity contribution is 0.170. The normalized spacial score (nSPS) is 17.6. The van der Waals surface area contributed by atoms with E-state index in [1.165, 1.54) is 12.8 Å². The van der Waals surface area contributed by atoms with E-state index in [1.54, 1.807) is 0 Å². The minimum Gasteiger partial charge on any atom is -0.312 e. The fourth-order valence-electron chi connectivity index (χ4n) is 2.81. The Hall–Kier alpha value is -1.37. The third-order valence-corrected chi connectivity index (χ3v) is 4.16. The molecule has 0 aromatic heterocycles. The van der Waals surface area contributed by atoms with Gasteiger partial charge in [-0.15, -0.1) is 0 Å². The zero-order valence-electron chi connectivity index (χ0n) is 13.5. The molecule has 1 aromatic rings. The maximum atomic E-state index is 9.16. The molecule has 3 heteroatoms. The molecule has 0 unspecified atom stereocenters. The molecule has 0 aliphatic carbocycles. The van der Waals surface area contributed by atoms with E-state index < -0.39 is 0 Å². The molecule has 114 valence electrons. The van der Waals surface area contributed by atoms with E-state index in [1.807, 2.05) is 18.2 Å². The van der Waals surface area contributed by atoms with Crippen molar-refractivity contribution in [3.63, 3.8) is 0 Å². The third kappa shape index (κ3) is 5.15. The number of nitrogens with zero attached hydrogens (tertiary/aromatic N) is 2. The van der Waals surface area contributed by atoms with Crippen LogP contribution in [-0.4, -0.2) is 30.1 Å². The SMILES string of the molecule is CC(C)(C)NCC1CCN(Cc2ccccc2C#N)CC1. The maximum absolute atomic E-state index is 9.16. The quantitative estimate of drug-likeness (QED) is 0.923. The topological polar surface area (TPSA) is 39.1 Å². The van der Waals surface area contributed by atoms with Crippen molar-refractivity contribution < 1.29 is 0 Å². The fraction of sp³-hybridized carbons (Fsp3) is 0.611. The van der Waals surface area contributed by atoms with E-state index in [9.17, 15) is 0 Å². The van der Waals surface area contributed by atoms with Gasteiger partial charge in [-0.3, -0.25) is 4.90 Å². The van der Waals surface area contributed by atoms with Gasteiger partial charge in [0.25, 0.3) is 0 Å². The minimum atomic E-state index is 0.211. The number of rotatable bonds is 4. The Kier molecular flexibility index (Phi) is 5.39. The summed E-state index contributed by atoms with van der Waals surface area (Å²) in [5.41, 5.74) is 2.18. The van der Waals surface area contributed by atoms with Crippen LogP contribution in [0.2, 0.25) is 0 Å². The standard InChI is InChI=1S/C18H27N3/c1-18(2,3)20-13-15-8-10-21(11-9-15)14-17-7-5-4-6-16(17)12-19/h4-7,15,20H,8-11,13-14H2,1-3H3. The molecule has 1 aliphatic rings. The van der Waals surface area contributed by atoms with Gasteiger partial charge in [-0.25, -0.2) is 0 Å². The molecular weight excluding hydrogens is 258 g/mol. The molecule has 0 radical (unpaired) electrons. The summed E-state index contributed by atoms with van der Waals surface area (Å²) < 4.78 is 0. The van der Waals surface area contributed by atoms with Gasteiger partial charge < -0.3 is 5.32 Å². The first-order valence-corrected chi connectivity index (χ1v) is 7.93. The van der Waals surface area contributed by atoms with Crippen LogP contribution in [0.5, 0.6) is 0 Å². The Bertz CT molecular complexity index is 488. The number of hydrogen-bond acceptors (Lipinski definition) is 3. The van der Waals surface area contributed by atoms with Crippen molar-refractivity contribution >= 4 is 0 Å². The number of piperidine rings is 1. The van der Waals surface area contributed by atoms with Crippen molar-refractivity contribution in [1.82, 2.24) is 10.2 Å². The Balaban J connectivity index is 1.81. The number of nitriles is 1. The summed E-state index contributed by atoms with van der Waals surface area (Å²) in [6.07, 6.45) is 2.50. The molecule has 1 saturated heterocycles. The largest absolute Gasteiger partial charge is 0.312 e. The molecule has 1 aliphatic heterocycles. The fourth-order valence-corrected chi connectivity index (χ4v) is 2.81. The van der Waals surface area contributed by atoms with Crippen LogP contribution in [0.15, 0.2) is 24.3 Å². The van der Waals surface area contributed by atoms with Gasteiger partial charge in [0, 0.05) is 12.1 Å². The third-order valence-electron chi connectivity index (χ3n) is 4.16. The first-order valence-electron chi connectivity index (χ1n) is 7.93. The van der Waals surface area contributed by atoms with Crippen LogP contribution < -0.4 is 5.32 Å². The number of benzene rings is 1. The highest BCUT2D eigenvalue weighted by Gasteiger charge is 2.21. The highest BCUT2D eigenvalue weighted by Crippen LogP contribution is 2.20. The first kappa shape index (κ1) is 16.0. The molecule has 0 atom stereocenters. The number of nitrogens with one attached hydrogen (secondary N) is 1. The summed E-state index contributed by atoms with van der Waals surface area (Å²) in [6, 6.07) is 10.2. The molecule has 0 bridgehead atoms. The van der Waals surface area contributed by atoms with Gasteiger partial charge in [0.1, 0.15) is 0 Å². The van der Waals surface area contributed by atoms with Crippen LogP contribution in [0, 0.1) is 17.2 Å². The summed E-state index contributed by atoms with van der Waals surface area (Å²) in [6.45, 7) is 11.0. The molecule has 1 aromatic carbocycles. The second-order valence-corrected chi connectivity index (χ2v) is 7.12. The van der Waals surface area contributed by atoms with Crippen molar-refractivity contribution in [3.8, 4) is 6.07 Å². The van der Waals surface area contributed by atoms with Crippen molar-refractivity contribution in [2.75, 3.05) is 19.6 Å². The van der Waals surface area contributed by atoms with E-state index in [0.29, 0.717) is 0 Å². The second kappa shape index (κ2) is 7.06. The van der Waals surface area contributed by atoms with Gasteiger partial charge >= 0.3 is 0 Å². The lowest BCUT2D eigenvalue weighted by Crippen LogP contribution is -2.42. The van der Waals surface area contributed by atoms with Gasteiger partial charge in [0.15, 0.2) is 0 Å². The summed E-state index contributed by atoms with van der Waals surface area (Å²) in [5, 5.41) is 12.8. The Morgan fingerprint density at radius 3 is 2.52 bits per heavy atom. The van der Waals surface area contributed by atoms with Crippen LogP contribution in [0.4, 0.5) is 0 Å². The zero-order valence-corrected chi connectivity index (χ0v) is 13.5. The van der Waals surface area contributed by atoms with Crippen LogP contribution in [0.1, 0.15) is 44.7 Å². The summed E-state index contributed by atoms with van der Waals surface area (Å²) in [7, 11) is 0. The lowest BCUT2D eigenvalue weighted by Gasteiger charge is -2.34. The van der Waals surface area contributed by atoms with Crippen molar-refractivity contribution in [3.05, 3.63) is 35.4 Å². The molecule has 0 spiro atoms. The second-order valence-electron chi connectivity index (χ2n) is 7.12. The molecule has 1 N–H and O–H groups in total. The predicted molar refractivity (Wildman–Crippen MR) is 86.9 cm³/mol. The van der Waals surface area contributed by atoms with Crippen molar-refractivity contribution in [1.29, 1.82) is 5.26 Å². The van der Waals surface area contributed by atoms with Gasteiger partial charge in [-0.2, -0.15) is 5.26 Å².